The summed E-state index contributed by atoms with van der Waals surface area (Å²) >= 11 is 0. The number of allylic oxidation sites excluding steroid dienone is 3. The van der Waals surface area contributed by atoms with Gasteiger partial charge < -0.3 is 10.6 Å². The highest BCUT2D eigenvalue weighted by atomic mass is 19.1. The zero-order valence-electron chi connectivity index (χ0n) is 9.83. The summed E-state index contributed by atoms with van der Waals surface area (Å²) in [4.78, 5) is 10.3. The first-order valence-corrected chi connectivity index (χ1v) is 5.23. The predicted molar refractivity (Wildman–Crippen MR) is 67.9 cm³/mol. The highest BCUT2D eigenvalue weighted by Gasteiger charge is 2.06. The summed E-state index contributed by atoms with van der Waals surface area (Å²) in [6.45, 7) is 1.83. The Labute approximate surface area is 100 Å². The molecule has 0 bridgehead atoms. The third-order valence-electron chi connectivity index (χ3n) is 2.22. The zero-order chi connectivity index (χ0) is 12.7. The topological polar surface area (TPSA) is 41.1 Å². The van der Waals surface area contributed by atoms with Gasteiger partial charge in [0.05, 0.1) is 0 Å². The van der Waals surface area contributed by atoms with Gasteiger partial charge in [-0.3, -0.25) is 4.79 Å². The molecule has 2 N–H and O–H groups in total. The summed E-state index contributed by atoms with van der Waals surface area (Å²) in [6.07, 6.45) is 5.52. The van der Waals surface area contributed by atoms with Gasteiger partial charge in [-0.2, -0.15) is 0 Å². The SMILES string of the molecule is C/C=C\C(=C/NC=O)c1cc(NC)ccc1F. The van der Waals surface area contributed by atoms with Crippen molar-refractivity contribution < 1.29 is 9.18 Å². The number of hydrogen-bond acceptors (Lipinski definition) is 2. The van der Waals surface area contributed by atoms with Gasteiger partial charge in [0, 0.05) is 30.1 Å². The molecule has 1 amide bonds. The van der Waals surface area contributed by atoms with Gasteiger partial charge in [0.2, 0.25) is 6.41 Å². The number of amides is 1. The lowest BCUT2D eigenvalue weighted by atomic mass is 10.0. The van der Waals surface area contributed by atoms with Crippen LogP contribution in [0, 0.1) is 5.82 Å². The van der Waals surface area contributed by atoms with Gasteiger partial charge >= 0.3 is 0 Å². The van der Waals surface area contributed by atoms with Crippen LogP contribution < -0.4 is 10.6 Å². The molecule has 0 atom stereocenters. The van der Waals surface area contributed by atoms with Crippen LogP contribution in [0.2, 0.25) is 0 Å². The van der Waals surface area contributed by atoms with Crippen molar-refractivity contribution in [2.24, 2.45) is 0 Å². The smallest absolute Gasteiger partial charge is 0.211 e. The highest BCUT2D eigenvalue weighted by molar-refractivity contribution is 5.77. The molecular formula is C13H15FN2O. The van der Waals surface area contributed by atoms with E-state index in [-0.39, 0.29) is 5.82 Å². The van der Waals surface area contributed by atoms with Gasteiger partial charge in [-0.05, 0) is 25.1 Å². The first-order chi connectivity index (χ1) is 8.22. The Morgan fingerprint density at radius 2 is 2.18 bits per heavy atom. The standard InChI is InChI=1S/C13H15FN2O/c1-3-4-10(8-16-9-17)12-7-11(15-2)5-6-13(12)14/h3-9,15H,1-2H3,(H,16,17)/b4-3-,10-8+. The minimum Gasteiger partial charge on any atom is -0.388 e. The quantitative estimate of drug-likeness (QED) is 0.607. The molecule has 1 aromatic rings. The second-order valence-corrected chi connectivity index (χ2v) is 3.33. The number of carbonyl (C=O) groups excluding carboxylic acids is 1. The normalized spacial score (nSPS) is 11.6. The molecule has 4 heteroatoms. The van der Waals surface area contributed by atoms with E-state index in [4.69, 9.17) is 0 Å². The first-order valence-electron chi connectivity index (χ1n) is 5.23. The van der Waals surface area contributed by atoms with Crippen LogP contribution in [0.15, 0.2) is 36.6 Å². The fraction of sp³-hybridized carbons (Fsp3) is 0.154. The number of benzene rings is 1. The maximum Gasteiger partial charge on any atom is 0.211 e. The lowest BCUT2D eigenvalue weighted by molar-refractivity contribution is -0.108. The molecule has 0 aliphatic carbocycles. The van der Waals surface area contributed by atoms with Crippen molar-refractivity contribution in [1.82, 2.24) is 5.32 Å². The summed E-state index contributed by atoms with van der Waals surface area (Å²) in [5.74, 6) is -0.332. The highest BCUT2D eigenvalue weighted by Crippen LogP contribution is 2.22. The number of rotatable bonds is 5. The maximum absolute atomic E-state index is 13.7. The Morgan fingerprint density at radius 1 is 1.41 bits per heavy atom. The summed E-state index contributed by atoms with van der Waals surface area (Å²) in [5.41, 5.74) is 1.85. The van der Waals surface area contributed by atoms with Crippen molar-refractivity contribution in [1.29, 1.82) is 0 Å². The maximum atomic E-state index is 13.7. The van der Waals surface area contributed by atoms with Crippen LogP contribution in [0.3, 0.4) is 0 Å². The van der Waals surface area contributed by atoms with Crippen molar-refractivity contribution in [2.45, 2.75) is 6.92 Å². The molecule has 0 aliphatic heterocycles. The molecule has 0 aromatic heterocycles. The van der Waals surface area contributed by atoms with E-state index in [1.807, 2.05) is 6.92 Å². The fourth-order valence-electron chi connectivity index (χ4n) is 1.42. The first kappa shape index (κ1) is 13.0. The van der Waals surface area contributed by atoms with Crippen LogP contribution in [-0.2, 0) is 4.79 Å². The molecule has 0 heterocycles. The molecule has 0 spiro atoms. The van der Waals surface area contributed by atoms with E-state index in [0.29, 0.717) is 17.5 Å². The number of halogens is 1. The third kappa shape index (κ3) is 3.45. The van der Waals surface area contributed by atoms with Gasteiger partial charge in [0.15, 0.2) is 0 Å². The van der Waals surface area contributed by atoms with Crippen molar-refractivity contribution >= 4 is 17.7 Å². The third-order valence-corrected chi connectivity index (χ3v) is 2.22. The Balaban J connectivity index is 3.21. The number of carbonyl (C=O) groups is 1. The summed E-state index contributed by atoms with van der Waals surface area (Å²) < 4.78 is 13.7. The van der Waals surface area contributed by atoms with E-state index >= 15 is 0 Å². The molecule has 1 rings (SSSR count). The molecule has 0 aliphatic rings. The molecule has 1 aromatic carbocycles. The van der Waals surface area contributed by atoms with Crippen LogP contribution in [-0.4, -0.2) is 13.5 Å². The van der Waals surface area contributed by atoms with Crippen molar-refractivity contribution in [3.05, 3.63) is 47.9 Å². The van der Waals surface area contributed by atoms with Gasteiger partial charge in [-0.1, -0.05) is 12.2 Å². The minimum absolute atomic E-state index is 0.332. The molecule has 17 heavy (non-hydrogen) atoms. The predicted octanol–water partition coefficient (Wildman–Crippen LogP) is 2.53. The lowest BCUT2D eigenvalue weighted by Crippen LogP contribution is -2.02. The molecule has 0 fully saturated rings. The average molecular weight is 234 g/mol. The van der Waals surface area contributed by atoms with Crippen LogP contribution >= 0.6 is 0 Å². The van der Waals surface area contributed by atoms with Crippen molar-refractivity contribution in [3.63, 3.8) is 0 Å². The Morgan fingerprint density at radius 3 is 2.76 bits per heavy atom. The second kappa shape index (κ2) is 6.48. The molecular weight excluding hydrogens is 219 g/mol. The number of hydrogen-bond donors (Lipinski definition) is 2. The van der Waals surface area contributed by atoms with E-state index < -0.39 is 0 Å². The summed E-state index contributed by atoms with van der Waals surface area (Å²) in [7, 11) is 1.76. The van der Waals surface area contributed by atoms with Crippen LogP contribution in [0.5, 0.6) is 0 Å². The summed E-state index contributed by atoms with van der Waals surface area (Å²) in [5, 5.41) is 5.36. The largest absolute Gasteiger partial charge is 0.388 e. The number of anilines is 1. The monoisotopic (exact) mass is 234 g/mol. The van der Waals surface area contributed by atoms with E-state index in [0.717, 1.165) is 5.69 Å². The Hall–Kier alpha value is -2.10. The van der Waals surface area contributed by atoms with Gasteiger partial charge in [0.1, 0.15) is 5.82 Å². The van der Waals surface area contributed by atoms with Crippen LogP contribution in [0.1, 0.15) is 12.5 Å². The minimum atomic E-state index is -0.332. The molecule has 0 saturated heterocycles. The zero-order valence-corrected chi connectivity index (χ0v) is 9.83. The van der Waals surface area contributed by atoms with E-state index in [1.54, 1.807) is 31.3 Å². The number of nitrogens with one attached hydrogen (secondary N) is 2. The summed E-state index contributed by atoms with van der Waals surface area (Å²) in [6, 6.07) is 4.73. The molecule has 0 unspecified atom stereocenters. The van der Waals surface area contributed by atoms with Crippen molar-refractivity contribution in [3.8, 4) is 0 Å². The lowest BCUT2D eigenvalue weighted by Gasteiger charge is -2.07. The second-order valence-electron chi connectivity index (χ2n) is 3.33. The van der Waals surface area contributed by atoms with E-state index in [2.05, 4.69) is 10.6 Å². The Kier molecular flexibility index (Phi) is 4.94. The van der Waals surface area contributed by atoms with E-state index in [9.17, 15) is 9.18 Å². The molecule has 0 saturated carbocycles. The van der Waals surface area contributed by atoms with Gasteiger partial charge in [0.25, 0.3) is 0 Å². The fourth-order valence-corrected chi connectivity index (χ4v) is 1.42. The van der Waals surface area contributed by atoms with Gasteiger partial charge in [-0.25, -0.2) is 4.39 Å². The van der Waals surface area contributed by atoms with Gasteiger partial charge in [-0.15, -0.1) is 0 Å². The van der Waals surface area contributed by atoms with Crippen LogP contribution in [0.25, 0.3) is 5.57 Å². The molecule has 3 nitrogen and oxygen atoms in total. The van der Waals surface area contributed by atoms with Crippen LogP contribution in [0.4, 0.5) is 10.1 Å². The average Bonchev–Trinajstić information content (AvgIpc) is 2.35. The Bertz CT molecular complexity index is 453. The molecule has 0 radical (unpaired) electrons. The van der Waals surface area contributed by atoms with Crippen molar-refractivity contribution in [2.75, 3.05) is 12.4 Å². The molecule has 90 valence electrons. The van der Waals surface area contributed by atoms with E-state index in [1.165, 1.54) is 12.3 Å².